The van der Waals surface area contributed by atoms with Gasteiger partial charge in [-0.25, -0.2) is 0 Å². The minimum atomic E-state index is 0.392. The van der Waals surface area contributed by atoms with E-state index in [1.54, 1.807) is 5.56 Å². The van der Waals surface area contributed by atoms with E-state index >= 15 is 0 Å². The highest BCUT2D eigenvalue weighted by molar-refractivity contribution is 5.35. The zero-order chi connectivity index (χ0) is 12.4. The van der Waals surface area contributed by atoms with Crippen LogP contribution in [0.15, 0.2) is 18.2 Å². The molecule has 0 amide bonds. The average molecular weight is 245 g/mol. The van der Waals surface area contributed by atoms with Gasteiger partial charge in [-0.1, -0.05) is 24.6 Å². The lowest BCUT2D eigenvalue weighted by atomic mass is 10.1. The number of aryl methyl sites for hydroxylation is 2. The molecule has 98 valence electrons. The monoisotopic (exact) mass is 245 g/mol. The Morgan fingerprint density at radius 3 is 2.89 bits per heavy atom. The topological polar surface area (TPSA) is 35.2 Å². The van der Waals surface area contributed by atoms with Crippen LogP contribution in [0.5, 0.6) is 0 Å². The summed E-state index contributed by atoms with van der Waals surface area (Å²) in [6.45, 7) is 1.53. The van der Waals surface area contributed by atoms with Crippen molar-refractivity contribution in [3.05, 3.63) is 34.9 Å². The number of nitrogens with two attached hydrogens (primary N) is 1. The molecule has 0 aromatic heterocycles. The average Bonchev–Trinajstić information content (AvgIpc) is 3.04. The van der Waals surface area contributed by atoms with Crippen molar-refractivity contribution in [1.82, 2.24) is 0 Å². The maximum atomic E-state index is 6.07. The fraction of sp³-hybridized carbons (Fsp3) is 0.625. The van der Waals surface area contributed by atoms with E-state index in [4.69, 9.17) is 10.5 Å². The fourth-order valence-corrected chi connectivity index (χ4v) is 3.41. The van der Waals surface area contributed by atoms with Crippen molar-refractivity contribution < 1.29 is 4.74 Å². The Balaban J connectivity index is 1.60. The molecule has 2 aliphatic rings. The van der Waals surface area contributed by atoms with Crippen LogP contribution in [0.2, 0.25) is 0 Å². The van der Waals surface area contributed by atoms with Gasteiger partial charge in [-0.15, -0.1) is 0 Å². The van der Waals surface area contributed by atoms with Gasteiger partial charge in [-0.3, -0.25) is 0 Å². The highest BCUT2D eigenvalue weighted by Gasteiger charge is 2.26. The van der Waals surface area contributed by atoms with Crippen LogP contribution in [0.4, 0.5) is 0 Å². The predicted octanol–water partition coefficient (Wildman–Crippen LogP) is 2.82. The summed E-state index contributed by atoms with van der Waals surface area (Å²) in [6.07, 6.45) is 7.92. The Hall–Kier alpha value is -0.860. The van der Waals surface area contributed by atoms with E-state index in [0.29, 0.717) is 12.0 Å². The number of hydrogen-bond donors (Lipinski definition) is 1. The van der Waals surface area contributed by atoms with E-state index < -0.39 is 0 Å². The lowest BCUT2D eigenvalue weighted by Crippen LogP contribution is -2.25. The molecule has 2 N–H and O–H groups in total. The van der Waals surface area contributed by atoms with Crippen molar-refractivity contribution in [1.29, 1.82) is 0 Å². The Morgan fingerprint density at radius 2 is 2.00 bits per heavy atom. The lowest BCUT2D eigenvalue weighted by Gasteiger charge is -2.18. The molecule has 2 unspecified atom stereocenters. The molecule has 2 heteroatoms. The quantitative estimate of drug-likeness (QED) is 0.885. The van der Waals surface area contributed by atoms with Crippen LogP contribution in [0.1, 0.15) is 42.4 Å². The molecular formula is C16H23NO. The second-order valence-electron chi connectivity index (χ2n) is 5.73. The highest BCUT2D eigenvalue weighted by Crippen LogP contribution is 2.29. The van der Waals surface area contributed by atoms with Crippen LogP contribution in [0.3, 0.4) is 0 Å². The van der Waals surface area contributed by atoms with Crippen molar-refractivity contribution in [2.24, 2.45) is 11.7 Å². The minimum absolute atomic E-state index is 0.392. The molecule has 0 heterocycles. The molecule has 0 spiro atoms. The molecule has 2 atom stereocenters. The van der Waals surface area contributed by atoms with Gasteiger partial charge in [-0.05, 0) is 61.3 Å². The van der Waals surface area contributed by atoms with Crippen LogP contribution < -0.4 is 5.73 Å². The Morgan fingerprint density at radius 1 is 1.11 bits per heavy atom. The van der Waals surface area contributed by atoms with Crippen molar-refractivity contribution in [2.75, 3.05) is 6.54 Å². The van der Waals surface area contributed by atoms with Gasteiger partial charge in [-0.2, -0.15) is 0 Å². The third kappa shape index (κ3) is 2.45. The maximum Gasteiger partial charge on any atom is 0.0720 e. The van der Waals surface area contributed by atoms with Gasteiger partial charge in [0.25, 0.3) is 0 Å². The first kappa shape index (κ1) is 12.2. The number of rotatable bonds is 4. The molecule has 0 aliphatic heterocycles. The number of benzene rings is 1. The molecule has 1 aromatic carbocycles. The van der Waals surface area contributed by atoms with E-state index in [0.717, 1.165) is 13.2 Å². The largest absolute Gasteiger partial charge is 0.373 e. The Kier molecular flexibility index (Phi) is 3.67. The molecule has 1 aromatic rings. The second kappa shape index (κ2) is 5.41. The first-order valence-electron chi connectivity index (χ1n) is 7.29. The number of fused-ring (bicyclic) bond motifs is 1. The smallest absolute Gasteiger partial charge is 0.0720 e. The Bertz CT molecular complexity index is 416. The van der Waals surface area contributed by atoms with Gasteiger partial charge in [0.15, 0.2) is 0 Å². The summed E-state index contributed by atoms with van der Waals surface area (Å²) in [5.74, 6) is 0.583. The molecule has 18 heavy (non-hydrogen) atoms. The van der Waals surface area contributed by atoms with Crippen LogP contribution in [-0.4, -0.2) is 12.6 Å². The summed E-state index contributed by atoms with van der Waals surface area (Å²) in [5, 5.41) is 0. The molecular weight excluding hydrogens is 222 g/mol. The van der Waals surface area contributed by atoms with Gasteiger partial charge in [0, 0.05) is 0 Å². The minimum Gasteiger partial charge on any atom is -0.373 e. The van der Waals surface area contributed by atoms with Gasteiger partial charge in [0.05, 0.1) is 12.7 Å². The van der Waals surface area contributed by atoms with Crippen LogP contribution in [0, 0.1) is 5.92 Å². The summed E-state index contributed by atoms with van der Waals surface area (Å²) in [6, 6.07) is 6.86. The van der Waals surface area contributed by atoms with Gasteiger partial charge < -0.3 is 10.5 Å². The molecule has 3 rings (SSSR count). The molecule has 0 saturated heterocycles. The molecule has 2 nitrogen and oxygen atoms in total. The maximum absolute atomic E-state index is 6.07. The summed E-state index contributed by atoms with van der Waals surface area (Å²) in [4.78, 5) is 0. The molecule has 0 radical (unpaired) electrons. The van der Waals surface area contributed by atoms with E-state index in [1.165, 1.54) is 49.7 Å². The molecule has 2 aliphatic carbocycles. The van der Waals surface area contributed by atoms with Crippen molar-refractivity contribution in [3.63, 3.8) is 0 Å². The van der Waals surface area contributed by atoms with E-state index in [9.17, 15) is 0 Å². The third-order valence-corrected chi connectivity index (χ3v) is 4.52. The summed E-state index contributed by atoms with van der Waals surface area (Å²) in [7, 11) is 0. The van der Waals surface area contributed by atoms with Crippen molar-refractivity contribution in [2.45, 2.75) is 51.2 Å². The molecule has 0 bridgehead atoms. The first-order chi connectivity index (χ1) is 8.86. The predicted molar refractivity (Wildman–Crippen MR) is 73.4 cm³/mol. The SMILES string of the molecule is NCC1CCCC1OCc1ccc2c(c1)CCC2. The molecule has 1 fully saturated rings. The van der Waals surface area contributed by atoms with E-state index in [-0.39, 0.29) is 0 Å². The number of ether oxygens (including phenoxy) is 1. The van der Waals surface area contributed by atoms with Crippen molar-refractivity contribution in [3.8, 4) is 0 Å². The lowest BCUT2D eigenvalue weighted by molar-refractivity contribution is 0.0182. The van der Waals surface area contributed by atoms with E-state index in [2.05, 4.69) is 18.2 Å². The van der Waals surface area contributed by atoms with Gasteiger partial charge in [0.2, 0.25) is 0 Å². The van der Waals surface area contributed by atoms with Crippen LogP contribution in [0.25, 0.3) is 0 Å². The number of hydrogen-bond acceptors (Lipinski definition) is 2. The summed E-state index contributed by atoms with van der Waals surface area (Å²) < 4.78 is 6.07. The normalized spacial score (nSPS) is 26.5. The molecule has 1 saturated carbocycles. The van der Waals surface area contributed by atoms with Crippen LogP contribution in [-0.2, 0) is 24.2 Å². The summed E-state index contributed by atoms with van der Waals surface area (Å²) >= 11 is 0. The van der Waals surface area contributed by atoms with E-state index in [1.807, 2.05) is 0 Å². The zero-order valence-electron chi connectivity index (χ0n) is 11.0. The zero-order valence-corrected chi connectivity index (χ0v) is 11.0. The van der Waals surface area contributed by atoms with Gasteiger partial charge in [0.1, 0.15) is 0 Å². The first-order valence-corrected chi connectivity index (χ1v) is 7.29. The standard InChI is InChI=1S/C16H23NO/c17-10-15-5-2-6-16(15)18-11-12-7-8-13-3-1-4-14(13)9-12/h7-9,15-16H,1-6,10-11,17H2. The Labute approximate surface area is 110 Å². The fourth-order valence-electron chi connectivity index (χ4n) is 3.41. The highest BCUT2D eigenvalue weighted by atomic mass is 16.5. The summed E-state index contributed by atoms with van der Waals surface area (Å²) in [5.41, 5.74) is 10.2. The third-order valence-electron chi connectivity index (χ3n) is 4.52. The second-order valence-corrected chi connectivity index (χ2v) is 5.73. The van der Waals surface area contributed by atoms with Crippen LogP contribution >= 0.6 is 0 Å². The van der Waals surface area contributed by atoms with Crippen molar-refractivity contribution >= 4 is 0 Å². The van der Waals surface area contributed by atoms with Gasteiger partial charge >= 0.3 is 0 Å².